The van der Waals surface area contributed by atoms with Gasteiger partial charge in [-0.3, -0.25) is 0 Å². The lowest BCUT2D eigenvalue weighted by molar-refractivity contribution is 0.00977. The SMILES string of the molecule is CCCCCCC1(SCCCCCCCCCCCCCCC2CCCCO2)CCCCC1. The molecule has 1 heterocycles. The molecule has 0 aromatic rings. The second-order valence-electron chi connectivity index (χ2n) is 11.4. The van der Waals surface area contributed by atoms with Crippen molar-refractivity contribution in [2.24, 2.45) is 0 Å². The second kappa shape index (κ2) is 20.5. The summed E-state index contributed by atoms with van der Waals surface area (Å²) in [7, 11) is 0. The highest BCUT2D eigenvalue weighted by Gasteiger charge is 2.31. The maximum atomic E-state index is 5.84. The topological polar surface area (TPSA) is 9.23 Å². The molecule has 0 bridgehead atoms. The maximum Gasteiger partial charge on any atom is 0.0575 e. The van der Waals surface area contributed by atoms with E-state index in [9.17, 15) is 0 Å². The molecule has 1 aliphatic heterocycles. The molecule has 0 radical (unpaired) electrons. The molecule has 0 aromatic heterocycles. The fourth-order valence-electron chi connectivity index (χ4n) is 6.10. The van der Waals surface area contributed by atoms with Crippen LogP contribution in [0.25, 0.3) is 0 Å². The van der Waals surface area contributed by atoms with Gasteiger partial charge in [0.2, 0.25) is 0 Å². The van der Waals surface area contributed by atoms with Crippen molar-refractivity contribution < 1.29 is 4.74 Å². The van der Waals surface area contributed by atoms with Crippen LogP contribution < -0.4 is 0 Å². The van der Waals surface area contributed by atoms with E-state index in [0.717, 1.165) is 6.61 Å². The van der Waals surface area contributed by atoms with Crippen molar-refractivity contribution in [1.29, 1.82) is 0 Å². The predicted octanol–water partition coefficient (Wildman–Crippen LogP) is 11.0. The van der Waals surface area contributed by atoms with E-state index in [1.165, 1.54) is 173 Å². The molecule has 0 N–H and O–H groups in total. The lowest BCUT2D eigenvalue weighted by Gasteiger charge is -2.37. The minimum absolute atomic E-state index is 0.598. The van der Waals surface area contributed by atoms with E-state index >= 15 is 0 Å². The molecule has 2 heteroatoms. The molecule has 1 saturated carbocycles. The zero-order valence-corrected chi connectivity index (χ0v) is 23.5. The molecule has 0 spiro atoms. The Balaban J connectivity index is 1.32. The largest absolute Gasteiger partial charge is 0.378 e. The Hall–Kier alpha value is 0.310. The van der Waals surface area contributed by atoms with Crippen LogP contribution in [-0.4, -0.2) is 23.2 Å². The molecule has 33 heavy (non-hydrogen) atoms. The Kier molecular flexibility index (Phi) is 18.3. The summed E-state index contributed by atoms with van der Waals surface area (Å²) in [5.74, 6) is 1.43. The van der Waals surface area contributed by atoms with Gasteiger partial charge < -0.3 is 4.74 Å². The molecule has 2 fully saturated rings. The Bertz CT molecular complexity index is 411. The Morgan fingerprint density at radius 3 is 1.85 bits per heavy atom. The van der Waals surface area contributed by atoms with Crippen LogP contribution in [0.5, 0.6) is 0 Å². The van der Waals surface area contributed by atoms with E-state index < -0.39 is 0 Å². The molecular weight excluding hydrogens is 420 g/mol. The van der Waals surface area contributed by atoms with E-state index in [4.69, 9.17) is 4.74 Å². The molecule has 1 unspecified atom stereocenters. The average Bonchev–Trinajstić information content (AvgIpc) is 2.85. The number of unbranched alkanes of at least 4 members (excludes halogenated alkanes) is 14. The average molecular weight is 481 g/mol. The van der Waals surface area contributed by atoms with Crippen LogP contribution >= 0.6 is 11.8 Å². The number of thioether (sulfide) groups is 1. The quantitative estimate of drug-likeness (QED) is 0.151. The van der Waals surface area contributed by atoms with Crippen molar-refractivity contribution in [2.45, 2.75) is 185 Å². The van der Waals surface area contributed by atoms with E-state index in [0.29, 0.717) is 10.9 Å². The third-order valence-corrected chi connectivity index (χ3v) is 10.1. The molecule has 1 aliphatic carbocycles. The van der Waals surface area contributed by atoms with Gasteiger partial charge in [0.25, 0.3) is 0 Å². The van der Waals surface area contributed by atoms with Gasteiger partial charge >= 0.3 is 0 Å². The summed E-state index contributed by atoms with van der Waals surface area (Å²) < 4.78 is 6.52. The summed E-state index contributed by atoms with van der Waals surface area (Å²) in [6, 6.07) is 0. The monoisotopic (exact) mass is 480 g/mol. The Labute approximate surface area is 213 Å². The minimum Gasteiger partial charge on any atom is -0.378 e. The maximum absolute atomic E-state index is 5.84. The van der Waals surface area contributed by atoms with E-state index in [1.54, 1.807) is 0 Å². The molecule has 1 saturated heterocycles. The first-order chi connectivity index (χ1) is 16.3. The summed E-state index contributed by atoms with van der Waals surface area (Å²) in [4.78, 5) is 0. The molecule has 2 aliphatic rings. The normalized spacial score (nSPS) is 20.8. The highest BCUT2D eigenvalue weighted by atomic mass is 32.2. The van der Waals surface area contributed by atoms with Gasteiger partial charge in [-0.05, 0) is 57.1 Å². The van der Waals surface area contributed by atoms with Crippen LogP contribution in [-0.2, 0) is 4.74 Å². The first-order valence-corrected chi connectivity index (χ1v) is 16.6. The van der Waals surface area contributed by atoms with Gasteiger partial charge in [0.05, 0.1) is 6.10 Å². The summed E-state index contributed by atoms with van der Waals surface area (Å²) >= 11 is 2.39. The standard InChI is InChI=1S/C31H60OS/c1-2-3-4-18-25-31(26-19-15-20-27-31)33-29-22-14-12-10-8-6-5-7-9-11-13-16-23-30-24-17-21-28-32-30/h30H,2-29H2,1H3. The van der Waals surface area contributed by atoms with Gasteiger partial charge in [-0.25, -0.2) is 0 Å². The van der Waals surface area contributed by atoms with Crippen LogP contribution in [0.1, 0.15) is 174 Å². The lowest BCUT2D eigenvalue weighted by atomic mass is 9.84. The Morgan fingerprint density at radius 2 is 1.24 bits per heavy atom. The Morgan fingerprint density at radius 1 is 0.636 bits per heavy atom. The summed E-state index contributed by atoms with van der Waals surface area (Å²) in [5.41, 5.74) is 0. The molecule has 196 valence electrons. The summed E-state index contributed by atoms with van der Waals surface area (Å²) in [5, 5.41) is 0. The molecule has 0 aromatic carbocycles. The number of ether oxygens (including phenoxy) is 1. The van der Waals surface area contributed by atoms with Crippen LogP contribution in [0, 0.1) is 0 Å². The van der Waals surface area contributed by atoms with E-state index in [-0.39, 0.29) is 0 Å². The van der Waals surface area contributed by atoms with E-state index in [1.807, 2.05) is 0 Å². The smallest absolute Gasteiger partial charge is 0.0575 e. The number of hydrogen-bond acceptors (Lipinski definition) is 2. The number of hydrogen-bond donors (Lipinski definition) is 0. The highest BCUT2D eigenvalue weighted by molar-refractivity contribution is 8.00. The van der Waals surface area contributed by atoms with Gasteiger partial charge in [-0.1, -0.05) is 122 Å². The van der Waals surface area contributed by atoms with Gasteiger partial charge in [0.1, 0.15) is 0 Å². The highest BCUT2D eigenvalue weighted by Crippen LogP contribution is 2.44. The summed E-state index contributed by atoms with van der Waals surface area (Å²) in [6.07, 6.45) is 38.2. The third kappa shape index (κ3) is 15.1. The van der Waals surface area contributed by atoms with Crippen molar-refractivity contribution in [1.82, 2.24) is 0 Å². The lowest BCUT2D eigenvalue weighted by Crippen LogP contribution is -2.28. The molecule has 1 nitrogen and oxygen atoms in total. The van der Waals surface area contributed by atoms with Gasteiger partial charge in [0.15, 0.2) is 0 Å². The predicted molar refractivity (Wildman–Crippen MR) is 151 cm³/mol. The molecule has 2 rings (SSSR count). The van der Waals surface area contributed by atoms with E-state index in [2.05, 4.69) is 18.7 Å². The zero-order valence-electron chi connectivity index (χ0n) is 22.7. The summed E-state index contributed by atoms with van der Waals surface area (Å²) in [6.45, 7) is 3.35. The van der Waals surface area contributed by atoms with Crippen molar-refractivity contribution in [3.05, 3.63) is 0 Å². The fourth-order valence-corrected chi connectivity index (χ4v) is 7.75. The fraction of sp³-hybridized carbons (Fsp3) is 1.00. The van der Waals surface area contributed by atoms with Gasteiger partial charge in [0, 0.05) is 11.4 Å². The number of rotatable bonds is 21. The van der Waals surface area contributed by atoms with Crippen molar-refractivity contribution in [3.8, 4) is 0 Å². The molecule has 0 amide bonds. The van der Waals surface area contributed by atoms with Crippen molar-refractivity contribution >= 4 is 11.8 Å². The van der Waals surface area contributed by atoms with Crippen molar-refractivity contribution in [2.75, 3.05) is 12.4 Å². The zero-order chi connectivity index (χ0) is 23.3. The van der Waals surface area contributed by atoms with Crippen LogP contribution in [0.3, 0.4) is 0 Å². The minimum atomic E-state index is 0.598. The first-order valence-electron chi connectivity index (χ1n) is 15.6. The second-order valence-corrected chi connectivity index (χ2v) is 13.0. The van der Waals surface area contributed by atoms with Crippen LogP contribution in [0.4, 0.5) is 0 Å². The van der Waals surface area contributed by atoms with Crippen molar-refractivity contribution in [3.63, 3.8) is 0 Å². The van der Waals surface area contributed by atoms with Crippen LogP contribution in [0.15, 0.2) is 0 Å². The van der Waals surface area contributed by atoms with Gasteiger partial charge in [-0.15, -0.1) is 0 Å². The third-order valence-electron chi connectivity index (χ3n) is 8.35. The first kappa shape index (κ1) is 29.5. The molecular formula is C31H60OS. The molecule has 1 atom stereocenters. The van der Waals surface area contributed by atoms with Gasteiger partial charge in [-0.2, -0.15) is 11.8 Å². The van der Waals surface area contributed by atoms with Crippen LogP contribution in [0.2, 0.25) is 0 Å².